The summed E-state index contributed by atoms with van der Waals surface area (Å²) in [5.74, 6) is 0.508. The van der Waals surface area contributed by atoms with Crippen molar-refractivity contribution in [3.05, 3.63) is 46.2 Å². The zero-order chi connectivity index (χ0) is 21.0. The molecule has 1 amide bonds. The van der Waals surface area contributed by atoms with E-state index in [1.807, 2.05) is 17.0 Å². The van der Waals surface area contributed by atoms with E-state index in [4.69, 9.17) is 34.7 Å². The number of nitrogens with one attached hydrogen (secondary N) is 1. The molecule has 6 N–H and O–H groups in total. The van der Waals surface area contributed by atoms with E-state index in [0.29, 0.717) is 48.2 Å². The fourth-order valence-electron chi connectivity index (χ4n) is 3.39. The number of amides is 1. The van der Waals surface area contributed by atoms with Crippen molar-refractivity contribution in [2.24, 2.45) is 5.73 Å². The number of halogens is 2. The lowest BCUT2D eigenvalue weighted by Crippen LogP contribution is -2.60. The topological polar surface area (TPSA) is 130 Å². The highest BCUT2D eigenvalue weighted by Crippen LogP contribution is 2.31. The van der Waals surface area contributed by atoms with Gasteiger partial charge in [-0.05, 0) is 37.0 Å². The number of hydrogen-bond donors (Lipinski definition) is 4. The second-order valence-corrected chi connectivity index (χ2v) is 7.94. The number of hydrogen-bond acceptors (Lipinski definition) is 7. The van der Waals surface area contributed by atoms with Crippen LogP contribution in [0.3, 0.4) is 0 Å². The van der Waals surface area contributed by atoms with Crippen LogP contribution in [-0.2, 0) is 4.79 Å². The summed E-state index contributed by atoms with van der Waals surface area (Å²) in [6.45, 7) is 0.948. The van der Waals surface area contributed by atoms with Gasteiger partial charge in [0.15, 0.2) is 5.82 Å². The van der Waals surface area contributed by atoms with Gasteiger partial charge in [-0.15, -0.1) is 0 Å². The molecule has 2 heterocycles. The number of nitrogens with zero attached hydrogens (tertiary/aromatic N) is 3. The molecule has 30 heavy (non-hydrogen) atoms. The van der Waals surface area contributed by atoms with Gasteiger partial charge < -0.3 is 26.8 Å². The summed E-state index contributed by atoms with van der Waals surface area (Å²) in [6.07, 6.45) is 2.58. The standard InChI is InChI=1S/C19H24Cl2N6O2.CH4/c20-13-3-1-12(2-4-13)14(5-10-28)26-18(29)19(23)6-8-27(9-7-19)17-15(21)16(22)24-11-25-17;/h1-4,11,14,28H,5-10,23H2,(H,26,29)(H2,22,24,25);1H4/t14-;/m0./s1. The zero-order valence-electron chi connectivity index (χ0n) is 15.8. The van der Waals surface area contributed by atoms with E-state index in [1.165, 1.54) is 6.33 Å². The molecule has 1 aromatic heterocycles. The van der Waals surface area contributed by atoms with E-state index in [2.05, 4.69) is 15.3 Å². The summed E-state index contributed by atoms with van der Waals surface area (Å²) < 4.78 is 0. The van der Waals surface area contributed by atoms with Crippen LogP contribution >= 0.6 is 23.2 Å². The van der Waals surface area contributed by atoms with Gasteiger partial charge in [0.2, 0.25) is 5.91 Å². The van der Waals surface area contributed by atoms with Crippen molar-refractivity contribution in [1.82, 2.24) is 15.3 Å². The average molecular weight is 455 g/mol. The lowest BCUT2D eigenvalue weighted by Gasteiger charge is -2.39. The fraction of sp³-hybridized carbons (Fsp3) is 0.450. The van der Waals surface area contributed by atoms with E-state index in [0.717, 1.165) is 5.56 Å². The number of carbonyl (C=O) groups is 1. The van der Waals surface area contributed by atoms with Crippen LogP contribution in [0.1, 0.15) is 38.3 Å². The van der Waals surface area contributed by atoms with E-state index in [-0.39, 0.29) is 31.8 Å². The number of carbonyl (C=O) groups excluding carboxylic acids is 1. The summed E-state index contributed by atoms with van der Waals surface area (Å²) in [5, 5.41) is 13.3. The molecule has 3 rings (SSSR count). The minimum atomic E-state index is -1.03. The lowest BCUT2D eigenvalue weighted by molar-refractivity contribution is -0.128. The first-order valence-electron chi connectivity index (χ1n) is 9.31. The quantitative estimate of drug-likeness (QED) is 0.527. The highest BCUT2D eigenvalue weighted by Gasteiger charge is 2.39. The normalized spacial score (nSPS) is 16.5. The van der Waals surface area contributed by atoms with Gasteiger partial charge in [-0.1, -0.05) is 42.8 Å². The monoisotopic (exact) mass is 454 g/mol. The van der Waals surface area contributed by atoms with Gasteiger partial charge in [-0.25, -0.2) is 9.97 Å². The first kappa shape index (κ1) is 24.1. The molecule has 8 nitrogen and oxygen atoms in total. The number of aliphatic hydroxyl groups excluding tert-OH is 1. The third-order valence-electron chi connectivity index (χ3n) is 5.20. The molecule has 1 fully saturated rings. The molecular formula is C20H28Cl2N6O2. The second-order valence-electron chi connectivity index (χ2n) is 7.13. The van der Waals surface area contributed by atoms with Crippen molar-refractivity contribution in [3.8, 4) is 0 Å². The summed E-state index contributed by atoms with van der Waals surface area (Å²) in [7, 11) is 0. The van der Waals surface area contributed by atoms with Crippen molar-refractivity contribution in [3.63, 3.8) is 0 Å². The van der Waals surface area contributed by atoms with Gasteiger partial charge in [0.1, 0.15) is 17.2 Å². The predicted molar refractivity (Wildman–Crippen MR) is 121 cm³/mol. The summed E-state index contributed by atoms with van der Waals surface area (Å²) >= 11 is 12.1. The smallest absolute Gasteiger partial charge is 0.240 e. The number of aliphatic hydroxyl groups is 1. The minimum absolute atomic E-state index is 0. The maximum absolute atomic E-state index is 13.0. The maximum Gasteiger partial charge on any atom is 0.240 e. The molecule has 0 bridgehead atoms. The zero-order valence-corrected chi connectivity index (χ0v) is 17.3. The minimum Gasteiger partial charge on any atom is -0.396 e. The number of rotatable bonds is 6. The second kappa shape index (κ2) is 10.3. The van der Waals surface area contributed by atoms with Gasteiger partial charge in [-0.3, -0.25) is 4.79 Å². The van der Waals surface area contributed by atoms with Crippen LogP contribution in [-0.4, -0.2) is 46.2 Å². The van der Waals surface area contributed by atoms with E-state index >= 15 is 0 Å². The molecule has 0 radical (unpaired) electrons. The Kier molecular flexibility index (Phi) is 8.25. The van der Waals surface area contributed by atoms with Crippen molar-refractivity contribution in [2.45, 2.75) is 38.3 Å². The Balaban J connectivity index is 0.00000320. The average Bonchev–Trinajstić information content (AvgIpc) is 2.71. The summed E-state index contributed by atoms with van der Waals surface area (Å²) in [4.78, 5) is 23.0. The Morgan fingerprint density at radius 2 is 1.87 bits per heavy atom. The molecule has 1 atom stereocenters. The fourth-order valence-corrected chi connectivity index (χ4v) is 3.73. The predicted octanol–water partition coefficient (Wildman–Crippen LogP) is 2.54. The van der Waals surface area contributed by atoms with Crippen molar-refractivity contribution >= 4 is 40.7 Å². The van der Waals surface area contributed by atoms with E-state index in [9.17, 15) is 9.90 Å². The number of aromatic nitrogens is 2. The molecule has 10 heteroatoms. The SMILES string of the molecule is C.Nc1ncnc(N2CCC(N)(C(=O)N[C@@H](CCO)c3ccc(Cl)cc3)CC2)c1Cl. The Hall–Kier alpha value is -2.13. The van der Waals surface area contributed by atoms with Gasteiger partial charge in [0, 0.05) is 24.7 Å². The third-order valence-corrected chi connectivity index (χ3v) is 5.82. The number of anilines is 2. The highest BCUT2D eigenvalue weighted by molar-refractivity contribution is 6.35. The van der Waals surface area contributed by atoms with Crippen LogP contribution in [0, 0.1) is 0 Å². The van der Waals surface area contributed by atoms with Crippen LogP contribution in [0.5, 0.6) is 0 Å². The molecule has 0 unspecified atom stereocenters. The van der Waals surface area contributed by atoms with Crippen LogP contribution in [0.2, 0.25) is 10.0 Å². The molecule has 164 valence electrons. The van der Waals surface area contributed by atoms with Gasteiger partial charge in [-0.2, -0.15) is 0 Å². The number of nitrogen functional groups attached to an aromatic ring is 1. The summed E-state index contributed by atoms with van der Waals surface area (Å²) in [5.41, 5.74) is 12.0. The summed E-state index contributed by atoms with van der Waals surface area (Å²) in [6, 6.07) is 6.81. The van der Waals surface area contributed by atoms with Crippen molar-refractivity contribution in [1.29, 1.82) is 0 Å². The van der Waals surface area contributed by atoms with Crippen LogP contribution in [0.4, 0.5) is 11.6 Å². The highest BCUT2D eigenvalue weighted by atomic mass is 35.5. The Bertz CT molecular complexity index is 857. The number of piperidine rings is 1. The molecule has 2 aromatic rings. The molecule has 1 aromatic carbocycles. The molecule has 0 saturated carbocycles. The first-order valence-corrected chi connectivity index (χ1v) is 10.1. The van der Waals surface area contributed by atoms with Crippen LogP contribution in [0.25, 0.3) is 0 Å². The Labute approximate surface area is 186 Å². The Morgan fingerprint density at radius 1 is 1.23 bits per heavy atom. The molecule has 0 spiro atoms. The van der Waals surface area contributed by atoms with E-state index < -0.39 is 5.54 Å². The van der Waals surface area contributed by atoms with Crippen LogP contribution in [0.15, 0.2) is 30.6 Å². The molecule has 0 aliphatic carbocycles. The van der Waals surface area contributed by atoms with Crippen LogP contribution < -0.4 is 21.7 Å². The van der Waals surface area contributed by atoms with Crippen molar-refractivity contribution < 1.29 is 9.90 Å². The maximum atomic E-state index is 13.0. The Morgan fingerprint density at radius 3 is 2.47 bits per heavy atom. The lowest BCUT2D eigenvalue weighted by atomic mass is 9.87. The van der Waals surface area contributed by atoms with Gasteiger partial charge >= 0.3 is 0 Å². The molecule has 1 aliphatic heterocycles. The largest absolute Gasteiger partial charge is 0.396 e. The van der Waals surface area contributed by atoms with Gasteiger partial charge in [0.05, 0.1) is 11.6 Å². The molecular weight excluding hydrogens is 427 g/mol. The first-order chi connectivity index (χ1) is 13.8. The van der Waals surface area contributed by atoms with E-state index in [1.54, 1.807) is 12.1 Å². The third kappa shape index (κ3) is 5.31. The molecule has 1 saturated heterocycles. The van der Waals surface area contributed by atoms with Gasteiger partial charge in [0.25, 0.3) is 0 Å². The number of nitrogens with two attached hydrogens (primary N) is 2. The molecule has 1 aliphatic rings. The van der Waals surface area contributed by atoms with Crippen molar-refractivity contribution in [2.75, 3.05) is 30.3 Å². The number of benzene rings is 1.